The highest BCUT2D eigenvalue weighted by Crippen LogP contribution is 2.33. The van der Waals surface area contributed by atoms with Crippen LogP contribution in [-0.4, -0.2) is 60.5 Å². The molecule has 1 saturated heterocycles. The van der Waals surface area contributed by atoms with Crippen molar-refractivity contribution >= 4 is 18.0 Å². The van der Waals surface area contributed by atoms with E-state index < -0.39 is 18.8 Å². The molecule has 34 heavy (non-hydrogen) atoms. The van der Waals surface area contributed by atoms with E-state index in [0.717, 1.165) is 6.34 Å². The predicted molar refractivity (Wildman–Crippen MR) is 118 cm³/mol. The Bertz CT molecular complexity index is 1010. The Labute approximate surface area is 195 Å². The number of carbonyl (C=O) groups excluding carboxylic acids is 2. The standard InChI is InChI=1S/C23H27F3N4O4/c1-14-9-17(10-29-21(14)34-12-23(24,25)26)15(2)30-11-19(18(22(30)32)3-6-28-13-27)20(31)16-4-7-33-8-5-16/h3,6,9-10,13,15-16H,4-5,7-8,11-12H2,1-2H3,(H2,27,28)/b6-3-. The van der Waals surface area contributed by atoms with E-state index in [9.17, 15) is 22.8 Å². The minimum atomic E-state index is -4.47. The van der Waals surface area contributed by atoms with Crippen molar-refractivity contribution in [1.29, 1.82) is 0 Å². The molecule has 184 valence electrons. The van der Waals surface area contributed by atoms with Gasteiger partial charge in [-0.25, -0.2) is 9.98 Å². The van der Waals surface area contributed by atoms with Gasteiger partial charge in [-0.1, -0.05) is 0 Å². The molecule has 1 aromatic rings. The van der Waals surface area contributed by atoms with Gasteiger partial charge in [-0.3, -0.25) is 9.59 Å². The van der Waals surface area contributed by atoms with Crippen molar-refractivity contribution in [1.82, 2.24) is 9.88 Å². The summed E-state index contributed by atoms with van der Waals surface area (Å²) in [6, 6.07) is 1.14. The summed E-state index contributed by atoms with van der Waals surface area (Å²) in [5, 5.41) is 0. The van der Waals surface area contributed by atoms with Crippen molar-refractivity contribution in [2.45, 2.75) is 38.9 Å². The Morgan fingerprint density at radius 1 is 1.41 bits per heavy atom. The molecule has 2 N–H and O–H groups in total. The molecule has 0 saturated carbocycles. The van der Waals surface area contributed by atoms with Gasteiger partial charge in [-0.15, -0.1) is 0 Å². The average molecular weight is 480 g/mol. The van der Waals surface area contributed by atoms with Crippen LogP contribution in [-0.2, 0) is 14.3 Å². The lowest BCUT2D eigenvalue weighted by Crippen LogP contribution is -2.31. The molecule has 3 rings (SSSR count). The lowest BCUT2D eigenvalue weighted by Gasteiger charge is -2.26. The summed E-state index contributed by atoms with van der Waals surface area (Å²) in [7, 11) is 0. The fraction of sp³-hybridized carbons (Fsp3) is 0.478. The molecular weight excluding hydrogens is 453 g/mol. The van der Waals surface area contributed by atoms with Crippen molar-refractivity contribution < 1.29 is 32.2 Å². The molecule has 8 nitrogen and oxygen atoms in total. The summed E-state index contributed by atoms with van der Waals surface area (Å²) in [4.78, 5) is 35.8. The highest BCUT2D eigenvalue weighted by molar-refractivity contribution is 6.11. The number of aliphatic imine (C=N–C) groups is 1. The smallest absolute Gasteiger partial charge is 0.422 e. The van der Waals surface area contributed by atoms with Gasteiger partial charge in [-0.2, -0.15) is 13.2 Å². The number of nitrogens with zero attached hydrogens (tertiary/aromatic N) is 3. The number of amides is 1. The van der Waals surface area contributed by atoms with E-state index in [2.05, 4.69) is 9.98 Å². The fourth-order valence-electron chi connectivity index (χ4n) is 3.97. The maximum Gasteiger partial charge on any atom is 0.422 e. The Hall–Kier alpha value is -3.21. The summed E-state index contributed by atoms with van der Waals surface area (Å²) < 4.78 is 47.5. The first-order chi connectivity index (χ1) is 16.1. The van der Waals surface area contributed by atoms with E-state index in [-0.39, 0.29) is 35.6 Å². The summed E-state index contributed by atoms with van der Waals surface area (Å²) >= 11 is 0. The van der Waals surface area contributed by atoms with Gasteiger partial charge in [0.15, 0.2) is 12.4 Å². The van der Waals surface area contributed by atoms with Crippen molar-refractivity contribution in [3.05, 3.63) is 46.8 Å². The van der Waals surface area contributed by atoms with Gasteiger partial charge in [0.2, 0.25) is 5.88 Å². The molecule has 11 heteroatoms. The molecule has 0 radical (unpaired) electrons. The lowest BCUT2D eigenvalue weighted by molar-refractivity contribution is -0.154. The van der Waals surface area contributed by atoms with Gasteiger partial charge in [-0.05, 0) is 44.4 Å². The number of carbonyl (C=O) groups is 2. The van der Waals surface area contributed by atoms with Crippen LogP contribution in [0.3, 0.4) is 0 Å². The third kappa shape index (κ3) is 6.02. The number of ketones is 1. The highest BCUT2D eigenvalue weighted by atomic mass is 19.4. The second-order valence-electron chi connectivity index (χ2n) is 8.16. The van der Waals surface area contributed by atoms with Crippen molar-refractivity contribution in [2.24, 2.45) is 16.6 Å². The van der Waals surface area contributed by atoms with E-state index >= 15 is 0 Å². The minimum Gasteiger partial charge on any atom is -0.468 e. The SMILES string of the molecule is Cc1cc(C(C)N2CC(C(=O)C3CCOCC3)=C(/C=C\N=CN)C2=O)cnc1OCC(F)(F)F. The van der Waals surface area contributed by atoms with Crippen LogP contribution in [0.25, 0.3) is 0 Å². The van der Waals surface area contributed by atoms with Crippen LogP contribution in [0.15, 0.2) is 40.7 Å². The monoisotopic (exact) mass is 480 g/mol. The molecular formula is C23H27F3N4O4. The van der Waals surface area contributed by atoms with Gasteiger partial charge < -0.3 is 20.1 Å². The molecule has 2 aliphatic heterocycles. The van der Waals surface area contributed by atoms with Crippen molar-refractivity contribution in [3.8, 4) is 5.88 Å². The van der Waals surface area contributed by atoms with Crippen molar-refractivity contribution in [3.63, 3.8) is 0 Å². The first-order valence-electron chi connectivity index (χ1n) is 10.8. The fourth-order valence-corrected chi connectivity index (χ4v) is 3.97. The summed E-state index contributed by atoms with van der Waals surface area (Å²) in [6.45, 7) is 3.00. The van der Waals surface area contributed by atoms with Crippen LogP contribution in [0, 0.1) is 12.8 Å². The number of aromatic nitrogens is 1. The summed E-state index contributed by atoms with van der Waals surface area (Å²) in [5.41, 5.74) is 6.94. The van der Waals surface area contributed by atoms with Gasteiger partial charge in [0.25, 0.3) is 5.91 Å². The van der Waals surface area contributed by atoms with Crippen LogP contribution in [0.4, 0.5) is 13.2 Å². The molecule has 2 aliphatic rings. The minimum absolute atomic E-state index is 0.0899. The van der Waals surface area contributed by atoms with Gasteiger partial charge in [0.1, 0.15) is 0 Å². The Balaban J connectivity index is 1.82. The number of aryl methyl sites for hydroxylation is 1. The summed E-state index contributed by atoms with van der Waals surface area (Å²) in [6.07, 6.45) is 1.99. The third-order valence-corrected chi connectivity index (χ3v) is 5.82. The number of alkyl halides is 3. The predicted octanol–water partition coefficient (Wildman–Crippen LogP) is 3.03. The third-order valence-electron chi connectivity index (χ3n) is 5.82. The van der Waals surface area contributed by atoms with Gasteiger partial charge in [0.05, 0.1) is 18.9 Å². The molecule has 1 atom stereocenters. The van der Waals surface area contributed by atoms with E-state index in [0.29, 0.717) is 42.8 Å². The molecule has 3 heterocycles. The normalized spacial score (nSPS) is 19.0. The molecule has 1 unspecified atom stereocenters. The number of pyridine rings is 1. The molecule has 1 aromatic heterocycles. The Morgan fingerprint density at radius 2 is 2.12 bits per heavy atom. The quantitative estimate of drug-likeness (QED) is 0.453. The Kier molecular flexibility index (Phi) is 8.08. The van der Waals surface area contributed by atoms with Crippen LogP contribution >= 0.6 is 0 Å². The first kappa shape index (κ1) is 25.4. The number of ether oxygens (including phenoxy) is 2. The zero-order valence-electron chi connectivity index (χ0n) is 19.0. The molecule has 0 aliphatic carbocycles. The van der Waals surface area contributed by atoms with Gasteiger partial charge >= 0.3 is 6.18 Å². The molecule has 1 fully saturated rings. The van der Waals surface area contributed by atoms with E-state index in [4.69, 9.17) is 15.2 Å². The highest BCUT2D eigenvalue weighted by Gasteiger charge is 2.38. The molecule has 1 amide bonds. The zero-order valence-corrected chi connectivity index (χ0v) is 19.0. The van der Waals surface area contributed by atoms with E-state index in [1.54, 1.807) is 19.9 Å². The molecule has 0 aromatic carbocycles. The van der Waals surface area contributed by atoms with Crippen LogP contribution in [0.1, 0.15) is 36.9 Å². The molecule has 0 bridgehead atoms. The van der Waals surface area contributed by atoms with Crippen LogP contribution < -0.4 is 10.5 Å². The van der Waals surface area contributed by atoms with E-state index in [1.807, 2.05) is 0 Å². The molecule has 0 spiro atoms. The lowest BCUT2D eigenvalue weighted by atomic mass is 9.89. The zero-order chi connectivity index (χ0) is 24.9. The Morgan fingerprint density at radius 3 is 2.74 bits per heavy atom. The number of rotatable bonds is 8. The van der Waals surface area contributed by atoms with Gasteiger partial charge in [0, 0.05) is 48.2 Å². The topological polar surface area (TPSA) is 107 Å². The largest absolute Gasteiger partial charge is 0.468 e. The maximum absolute atomic E-state index is 13.3. The second-order valence-corrected chi connectivity index (χ2v) is 8.16. The number of hydrogen-bond acceptors (Lipinski definition) is 6. The number of Topliss-reactive ketones (excluding diaryl/α,β-unsaturated/α-hetero) is 1. The number of nitrogens with two attached hydrogens (primary N) is 1. The summed E-state index contributed by atoms with van der Waals surface area (Å²) in [5.74, 6) is -0.783. The maximum atomic E-state index is 13.3. The van der Waals surface area contributed by atoms with E-state index in [1.165, 1.54) is 23.4 Å². The average Bonchev–Trinajstić information content (AvgIpc) is 3.13. The van der Waals surface area contributed by atoms with Crippen LogP contribution in [0.5, 0.6) is 5.88 Å². The second kappa shape index (κ2) is 10.8. The van der Waals surface area contributed by atoms with Crippen molar-refractivity contribution in [2.75, 3.05) is 26.4 Å². The van der Waals surface area contributed by atoms with Crippen LogP contribution in [0.2, 0.25) is 0 Å². The number of hydrogen-bond donors (Lipinski definition) is 1. The number of halogens is 3. The first-order valence-corrected chi connectivity index (χ1v) is 10.8.